The van der Waals surface area contributed by atoms with Crippen molar-refractivity contribution in [2.75, 3.05) is 18.0 Å². The predicted molar refractivity (Wildman–Crippen MR) is 97.7 cm³/mol. The lowest BCUT2D eigenvalue weighted by Crippen LogP contribution is -2.45. The van der Waals surface area contributed by atoms with Crippen LogP contribution in [0, 0.1) is 0 Å². The summed E-state index contributed by atoms with van der Waals surface area (Å²) in [6, 6.07) is 5.71. The van der Waals surface area contributed by atoms with Gasteiger partial charge in [-0.2, -0.15) is 0 Å². The van der Waals surface area contributed by atoms with Gasteiger partial charge in [0.1, 0.15) is 11.6 Å². The molecule has 1 amide bonds. The number of aromatic nitrogens is 3. The maximum absolute atomic E-state index is 12.2. The molecule has 1 aliphatic heterocycles. The van der Waals surface area contributed by atoms with E-state index in [1.165, 1.54) is 0 Å². The van der Waals surface area contributed by atoms with Crippen LogP contribution in [0.1, 0.15) is 49.8 Å². The monoisotopic (exact) mass is 339 g/mol. The van der Waals surface area contributed by atoms with Crippen LogP contribution >= 0.6 is 0 Å². The summed E-state index contributed by atoms with van der Waals surface area (Å²) in [7, 11) is 0. The normalized spacial score (nSPS) is 15.9. The smallest absolute Gasteiger partial charge is 0.253 e. The molecular weight excluding hydrogens is 314 g/mol. The van der Waals surface area contributed by atoms with Crippen molar-refractivity contribution < 1.29 is 4.79 Å². The van der Waals surface area contributed by atoms with Crippen molar-refractivity contribution in [1.82, 2.24) is 20.3 Å². The van der Waals surface area contributed by atoms with Crippen molar-refractivity contribution in [2.24, 2.45) is 0 Å². The minimum Gasteiger partial charge on any atom is -0.356 e. The van der Waals surface area contributed by atoms with Crippen LogP contribution in [0.3, 0.4) is 0 Å². The molecule has 0 aromatic carbocycles. The minimum atomic E-state index is -0.0635. The largest absolute Gasteiger partial charge is 0.356 e. The third-order valence-electron chi connectivity index (χ3n) is 4.39. The number of anilines is 1. The van der Waals surface area contributed by atoms with Crippen molar-refractivity contribution >= 4 is 11.7 Å². The Morgan fingerprint density at radius 1 is 1.20 bits per heavy atom. The van der Waals surface area contributed by atoms with E-state index in [1.807, 2.05) is 12.3 Å². The fraction of sp³-hybridized carbons (Fsp3) is 0.474. The molecule has 2 aromatic heterocycles. The van der Waals surface area contributed by atoms with Gasteiger partial charge in [0.05, 0.1) is 5.56 Å². The van der Waals surface area contributed by atoms with E-state index in [0.717, 1.165) is 37.6 Å². The van der Waals surface area contributed by atoms with Gasteiger partial charge in [-0.3, -0.25) is 9.78 Å². The summed E-state index contributed by atoms with van der Waals surface area (Å²) in [5.74, 6) is 1.78. The van der Waals surface area contributed by atoms with Gasteiger partial charge in [-0.05, 0) is 31.0 Å². The average Bonchev–Trinajstić information content (AvgIpc) is 2.62. The summed E-state index contributed by atoms with van der Waals surface area (Å²) < 4.78 is 0. The molecule has 132 valence electrons. The number of nitrogens with one attached hydrogen (secondary N) is 1. The van der Waals surface area contributed by atoms with Crippen molar-refractivity contribution in [2.45, 2.75) is 45.1 Å². The first-order valence-corrected chi connectivity index (χ1v) is 8.73. The number of amides is 1. The van der Waals surface area contributed by atoms with Crippen LogP contribution in [0.4, 0.5) is 5.82 Å². The first-order chi connectivity index (χ1) is 11.9. The number of pyridine rings is 1. The van der Waals surface area contributed by atoms with E-state index in [1.54, 1.807) is 24.5 Å². The Labute approximate surface area is 148 Å². The van der Waals surface area contributed by atoms with E-state index in [9.17, 15) is 4.79 Å². The number of piperidine rings is 1. The Morgan fingerprint density at radius 3 is 2.60 bits per heavy atom. The molecule has 1 saturated heterocycles. The molecule has 0 aliphatic carbocycles. The number of hydrogen-bond acceptors (Lipinski definition) is 5. The fourth-order valence-electron chi connectivity index (χ4n) is 2.91. The van der Waals surface area contributed by atoms with Crippen LogP contribution in [0.15, 0.2) is 36.8 Å². The second-order valence-electron chi connectivity index (χ2n) is 7.46. The highest BCUT2D eigenvalue weighted by atomic mass is 16.1. The maximum atomic E-state index is 12.2. The Hall–Kier alpha value is -2.50. The van der Waals surface area contributed by atoms with Crippen LogP contribution in [0.2, 0.25) is 0 Å². The topological polar surface area (TPSA) is 71.0 Å². The van der Waals surface area contributed by atoms with E-state index in [-0.39, 0.29) is 17.4 Å². The molecule has 2 aromatic rings. The van der Waals surface area contributed by atoms with Gasteiger partial charge in [0.25, 0.3) is 5.91 Å². The zero-order valence-corrected chi connectivity index (χ0v) is 15.1. The van der Waals surface area contributed by atoms with Gasteiger partial charge < -0.3 is 10.2 Å². The Morgan fingerprint density at radius 2 is 1.96 bits per heavy atom. The van der Waals surface area contributed by atoms with Crippen molar-refractivity contribution in [3.8, 4) is 0 Å². The highest BCUT2D eigenvalue weighted by Crippen LogP contribution is 2.22. The van der Waals surface area contributed by atoms with E-state index >= 15 is 0 Å². The fourth-order valence-corrected chi connectivity index (χ4v) is 2.91. The number of rotatable bonds is 3. The second-order valence-corrected chi connectivity index (χ2v) is 7.46. The number of carbonyl (C=O) groups excluding carboxylic acids is 1. The molecule has 1 fully saturated rings. The number of hydrogen-bond donors (Lipinski definition) is 1. The maximum Gasteiger partial charge on any atom is 0.253 e. The molecule has 3 rings (SSSR count). The van der Waals surface area contributed by atoms with Gasteiger partial charge in [-0.1, -0.05) is 20.8 Å². The summed E-state index contributed by atoms with van der Waals surface area (Å²) in [4.78, 5) is 27.6. The second kappa shape index (κ2) is 7.17. The Kier molecular flexibility index (Phi) is 4.97. The molecule has 0 spiro atoms. The third-order valence-corrected chi connectivity index (χ3v) is 4.39. The van der Waals surface area contributed by atoms with E-state index in [4.69, 9.17) is 4.98 Å². The van der Waals surface area contributed by atoms with Crippen LogP contribution in [-0.2, 0) is 5.41 Å². The van der Waals surface area contributed by atoms with Gasteiger partial charge in [-0.15, -0.1) is 0 Å². The number of nitrogens with zero attached hydrogens (tertiary/aromatic N) is 4. The first kappa shape index (κ1) is 17.3. The lowest BCUT2D eigenvalue weighted by atomic mass is 9.96. The molecule has 0 radical (unpaired) electrons. The van der Waals surface area contributed by atoms with Gasteiger partial charge >= 0.3 is 0 Å². The third kappa shape index (κ3) is 4.32. The lowest BCUT2D eigenvalue weighted by molar-refractivity contribution is 0.0930. The van der Waals surface area contributed by atoms with Crippen LogP contribution < -0.4 is 10.2 Å². The quantitative estimate of drug-likeness (QED) is 0.930. The average molecular weight is 339 g/mol. The van der Waals surface area contributed by atoms with E-state index < -0.39 is 0 Å². The Balaban J connectivity index is 1.58. The van der Waals surface area contributed by atoms with Crippen LogP contribution in [0.5, 0.6) is 0 Å². The summed E-state index contributed by atoms with van der Waals surface area (Å²) in [6.45, 7) is 8.10. The summed E-state index contributed by atoms with van der Waals surface area (Å²) in [5.41, 5.74) is 0.544. The zero-order valence-electron chi connectivity index (χ0n) is 15.1. The van der Waals surface area contributed by atoms with Crippen molar-refractivity contribution in [3.05, 3.63) is 48.2 Å². The summed E-state index contributed by atoms with van der Waals surface area (Å²) >= 11 is 0. The van der Waals surface area contributed by atoms with Gasteiger partial charge in [-0.25, -0.2) is 9.97 Å². The molecular formula is C19H25N5O. The van der Waals surface area contributed by atoms with E-state index in [0.29, 0.717) is 5.56 Å². The summed E-state index contributed by atoms with van der Waals surface area (Å²) in [5, 5.41) is 3.10. The van der Waals surface area contributed by atoms with Gasteiger partial charge in [0, 0.05) is 43.1 Å². The summed E-state index contributed by atoms with van der Waals surface area (Å²) in [6.07, 6.45) is 6.91. The molecule has 3 heterocycles. The van der Waals surface area contributed by atoms with Crippen LogP contribution in [-0.4, -0.2) is 40.0 Å². The predicted octanol–water partition coefficient (Wildman–Crippen LogP) is 2.57. The highest BCUT2D eigenvalue weighted by Gasteiger charge is 2.24. The van der Waals surface area contributed by atoms with E-state index in [2.05, 4.69) is 41.0 Å². The molecule has 6 nitrogen and oxygen atoms in total. The minimum absolute atomic E-state index is 0.0522. The van der Waals surface area contributed by atoms with Crippen molar-refractivity contribution in [3.63, 3.8) is 0 Å². The standard InChI is InChI=1S/C19H25N5O/c1-19(2,3)18-21-10-6-16(23-18)24-11-7-15(8-12-24)22-17(25)14-5-4-9-20-13-14/h4-6,9-10,13,15H,7-8,11-12H2,1-3H3,(H,22,25). The molecule has 0 atom stereocenters. The SMILES string of the molecule is CC(C)(C)c1nccc(N2CCC(NC(=O)c3cccnc3)CC2)n1. The molecule has 1 N–H and O–H groups in total. The molecule has 0 saturated carbocycles. The van der Waals surface area contributed by atoms with Crippen LogP contribution in [0.25, 0.3) is 0 Å². The van der Waals surface area contributed by atoms with Crippen molar-refractivity contribution in [1.29, 1.82) is 0 Å². The zero-order chi connectivity index (χ0) is 17.9. The molecule has 0 unspecified atom stereocenters. The lowest BCUT2D eigenvalue weighted by Gasteiger charge is -2.33. The Bertz CT molecular complexity index is 718. The molecule has 25 heavy (non-hydrogen) atoms. The highest BCUT2D eigenvalue weighted by molar-refractivity contribution is 5.94. The molecule has 6 heteroatoms. The molecule has 1 aliphatic rings. The van der Waals surface area contributed by atoms with Gasteiger partial charge in [0.2, 0.25) is 0 Å². The molecule has 0 bridgehead atoms. The van der Waals surface area contributed by atoms with Gasteiger partial charge in [0.15, 0.2) is 0 Å². The number of carbonyl (C=O) groups is 1. The first-order valence-electron chi connectivity index (χ1n) is 8.73.